The molecule has 2 aliphatic heterocycles. The summed E-state index contributed by atoms with van der Waals surface area (Å²) in [5.74, 6) is -0.117. The van der Waals surface area contributed by atoms with Crippen LogP contribution in [0, 0.1) is 0 Å². The van der Waals surface area contributed by atoms with Gasteiger partial charge in [-0.3, -0.25) is 14.4 Å². The second kappa shape index (κ2) is 11.2. The number of likely N-dealkylation sites (tertiary alicyclic amines) is 2. The van der Waals surface area contributed by atoms with Gasteiger partial charge in [-0.15, -0.1) is 0 Å². The van der Waals surface area contributed by atoms with Crippen molar-refractivity contribution >= 4 is 52.5 Å². The minimum atomic E-state index is -0.142. The second-order valence-electron chi connectivity index (χ2n) is 9.13. The van der Waals surface area contributed by atoms with Gasteiger partial charge in [0.1, 0.15) is 0 Å². The van der Waals surface area contributed by atoms with Gasteiger partial charge in [0, 0.05) is 68.6 Å². The van der Waals surface area contributed by atoms with Crippen LogP contribution in [0.1, 0.15) is 47.5 Å². The van der Waals surface area contributed by atoms with E-state index in [1.807, 2.05) is 17.0 Å². The first-order chi connectivity index (χ1) is 16.7. The highest BCUT2D eigenvalue weighted by atomic mass is 35.5. The summed E-state index contributed by atoms with van der Waals surface area (Å²) in [6.45, 7) is 2.16. The highest BCUT2D eigenvalue weighted by Crippen LogP contribution is 2.35. The van der Waals surface area contributed by atoms with Crippen molar-refractivity contribution in [1.29, 1.82) is 0 Å². The summed E-state index contributed by atoms with van der Waals surface area (Å²) in [5.41, 5.74) is 1.48. The van der Waals surface area contributed by atoms with Gasteiger partial charge in [-0.2, -0.15) is 0 Å². The van der Waals surface area contributed by atoms with Crippen LogP contribution in [0.4, 0.5) is 0 Å². The Labute approximate surface area is 220 Å². The van der Waals surface area contributed by atoms with Crippen LogP contribution in [0.25, 0.3) is 0 Å². The van der Waals surface area contributed by atoms with Gasteiger partial charge in [-0.25, -0.2) is 0 Å². The number of halogens is 3. The largest absolute Gasteiger partial charge is 0.342 e. The molecule has 2 heterocycles. The number of carbonyl (C=O) groups is 3. The van der Waals surface area contributed by atoms with Crippen molar-refractivity contribution < 1.29 is 14.4 Å². The van der Waals surface area contributed by atoms with Crippen molar-refractivity contribution in [2.75, 3.05) is 33.2 Å². The average Bonchev–Trinajstić information content (AvgIpc) is 3.28. The predicted octanol–water partition coefficient (Wildman–Crippen LogP) is 5.12. The Balaban J connectivity index is 1.53. The zero-order valence-corrected chi connectivity index (χ0v) is 21.8. The molecule has 2 fully saturated rings. The summed E-state index contributed by atoms with van der Waals surface area (Å²) in [6, 6.07) is 12.2. The molecule has 0 radical (unpaired) electrons. The van der Waals surface area contributed by atoms with E-state index in [4.69, 9.17) is 34.8 Å². The monoisotopic (exact) mass is 535 g/mol. The van der Waals surface area contributed by atoms with Crippen LogP contribution in [0.5, 0.6) is 0 Å². The molecule has 2 saturated heterocycles. The molecule has 6 nitrogen and oxygen atoms in total. The molecule has 0 aromatic heterocycles. The summed E-state index contributed by atoms with van der Waals surface area (Å²) < 4.78 is 0. The summed E-state index contributed by atoms with van der Waals surface area (Å²) in [7, 11) is 1.79. The quantitative estimate of drug-likeness (QED) is 0.515. The second-order valence-corrected chi connectivity index (χ2v) is 10.4. The van der Waals surface area contributed by atoms with Crippen LogP contribution >= 0.6 is 34.8 Å². The summed E-state index contributed by atoms with van der Waals surface area (Å²) in [6.07, 6.45) is 2.33. The Hall–Kier alpha value is -2.28. The predicted molar refractivity (Wildman–Crippen MR) is 138 cm³/mol. The molecule has 35 heavy (non-hydrogen) atoms. The lowest BCUT2D eigenvalue weighted by molar-refractivity contribution is -0.134. The van der Waals surface area contributed by atoms with Gasteiger partial charge < -0.3 is 14.7 Å². The third kappa shape index (κ3) is 5.93. The molecular weight excluding hydrogens is 509 g/mol. The maximum Gasteiger partial charge on any atom is 0.253 e. The lowest BCUT2D eigenvalue weighted by atomic mass is 9.84. The van der Waals surface area contributed by atoms with Crippen LogP contribution in [0.3, 0.4) is 0 Å². The van der Waals surface area contributed by atoms with E-state index in [1.165, 1.54) is 0 Å². The highest BCUT2D eigenvalue weighted by Gasteiger charge is 2.37. The zero-order chi connectivity index (χ0) is 25.1. The zero-order valence-electron chi connectivity index (χ0n) is 19.6. The Morgan fingerprint density at radius 1 is 1.03 bits per heavy atom. The molecule has 0 saturated carbocycles. The van der Waals surface area contributed by atoms with Crippen LogP contribution in [0.2, 0.25) is 15.1 Å². The van der Waals surface area contributed by atoms with Crippen molar-refractivity contribution in [3.05, 3.63) is 68.7 Å². The standard InChI is InChI=1S/C26H28Cl3N3O3/c1-30(26(35)17-4-7-19(27)8-5-17)23-10-13-32(25(34)11-14-31-12-2-3-24(31)33)16-20(23)18-6-9-21(28)22(29)15-18/h4-9,15,20,23H,2-3,10-14,16H2,1H3/t20-,23+/m0/s1. The molecule has 0 bridgehead atoms. The van der Waals surface area contributed by atoms with Crippen LogP contribution in [0.15, 0.2) is 42.5 Å². The molecule has 2 aromatic carbocycles. The van der Waals surface area contributed by atoms with E-state index in [0.29, 0.717) is 59.5 Å². The normalized spacial score (nSPS) is 20.3. The maximum atomic E-state index is 13.3. The molecule has 2 atom stereocenters. The van der Waals surface area contributed by atoms with Crippen molar-refractivity contribution in [2.24, 2.45) is 0 Å². The number of benzene rings is 2. The van der Waals surface area contributed by atoms with Crippen molar-refractivity contribution in [1.82, 2.24) is 14.7 Å². The third-order valence-electron chi connectivity index (χ3n) is 6.98. The minimum Gasteiger partial charge on any atom is -0.342 e. The molecule has 0 unspecified atom stereocenters. The van der Waals surface area contributed by atoms with E-state index < -0.39 is 0 Å². The number of amides is 3. The summed E-state index contributed by atoms with van der Waals surface area (Å²) >= 11 is 18.5. The molecule has 2 aliphatic rings. The molecule has 186 valence electrons. The van der Waals surface area contributed by atoms with Crippen LogP contribution < -0.4 is 0 Å². The van der Waals surface area contributed by atoms with Gasteiger partial charge in [0.05, 0.1) is 10.0 Å². The van der Waals surface area contributed by atoms with Crippen molar-refractivity contribution in [3.63, 3.8) is 0 Å². The van der Waals surface area contributed by atoms with E-state index in [2.05, 4.69) is 0 Å². The SMILES string of the molecule is CN(C(=O)c1ccc(Cl)cc1)[C@@H]1CCN(C(=O)CCN2CCCC2=O)C[C@H]1c1ccc(Cl)c(Cl)c1. The van der Waals surface area contributed by atoms with Crippen LogP contribution in [-0.4, -0.2) is 71.7 Å². The number of hydrogen-bond acceptors (Lipinski definition) is 3. The minimum absolute atomic E-state index is 0.0138. The van der Waals surface area contributed by atoms with Gasteiger partial charge >= 0.3 is 0 Å². The number of nitrogens with zero attached hydrogens (tertiary/aromatic N) is 3. The summed E-state index contributed by atoms with van der Waals surface area (Å²) in [5, 5.41) is 1.46. The topological polar surface area (TPSA) is 60.9 Å². The van der Waals surface area contributed by atoms with E-state index in [-0.39, 0.29) is 29.7 Å². The molecule has 4 rings (SSSR count). The molecule has 0 N–H and O–H groups in total. The van der Waals surface area contributed by atoms with Crippen molar-refractivity contribution in [3.8, 4) is 0 Å². The fourth-order valence-corrected chi connectivity index (χ4v) is 5.41. The van der Waals surface area contributed by atoms with Gasteiger partial charge in [0.15, 0.2) is 0 Å². The molecular formula is C26H28Cl3N3O3. The number of carbonyl (C=O) groups excluding carboxylic acids is 3. The van der Waals surface area contributed by atoms with E-state index in [1.54, 1.807) is 47.2 Å². The van der Waals surface area contributed by atoms with Gasteiger partial charge in [0.2, 0.25) is 11.8 Å². The lowest BCUT2D eigenvalue weighted by Gasteiger charge is -2.43. The van der Waals surface area contributed by atoms with Gasteiger partial charge in [-0.05, 0) is 54.8 Å². The van der Waals surface area contributed by atoms with E-state index in [9.17, 15) is 14.4 Å². The average molecular weight is 537 g/mol. The van der Waals surface area contributed by atoms with Gasteiger partial charge in [0.25, 0.3) is 5.91 Å². The first kappa shape index (κ1) is 25.8. The summed E-state index contributed by atoms with van der Waals surface area (Å²) in [4.78, 5) is 43.6. The first-order valence-electron chi connectivity index (χ1n) is 11.8. The Morgan fingerprint density at radius 2 is 1.77 bits per heavy atom. The number of hydrogen-bond donors (Lipinski definition) is 0. The Bertz CT molecular complexity index is 1110. The highest BCUT2D eigenvalue weighted by molar-refractivity contribution is 6.42. The smallest absolute Gasteiger partial charge is 0.253 e. The molecule has 2 aromatic rings. The Morgan fingerprint density at radius 3 is 2.43 bits per heavy atom. The number of piperidine rings is 1. The van der Waals surface area contributed by atoms with Crippen molar-refractivity contribution in [2.45, 2.75) is 37.6 Å². The lowest BCUT2D eigenvalue weighted by Crippen LogP contribution is -2.52. The molecule has 0 aliphatic carbocycles. The molecule has 9 heteroatoms. The molecule has 0 spiro atoms. The maximum absolute atomic E-state index is 13.3. The van der Waals surface area contributed by atoms with E-state index in [0.717, 1.165) is 18.5 Å². The Kier molecular flexibility index (Phi) is 8.25. The molecule has 3 amide bonds. The van der Waals surface area contributed by atoms with E-state index >= 15 is 0 Å². The number of likely N-dealkylation sites (N-methyl/N-ethyl adjacent to an activating group) is 1. The number of rotatable bonds is 6. The van der Waals surface area contributed by atoms with Crippen LogP contribution in [-0.2, 0) is 9.59 Å². The van der Waals surface area contributed by atoms with Gasteiger partial charge in [-0.1, -0.05) is 40.9 Å². The third-order valence-corrected chi connectivity index (χ3v) is 7.97. The fourth-order valence-electron chi connectivity index (χ4n) is 4.98. The first-order valence-corrected chi connectivity index (χ1v) is 12.9. The fraction of sp³-hybridized carbons (Fsp3) is 0.423.